The van der Waals surface area contributed by atoms with Gasteiger partial charge in [-0.1, -0.05) is 13.8 Å². The van der Waals surface area contributed by atoms with Crippen molar-refractivity contribution in [2.45, 2.75) is 65.0 Å². The highest BCUT2D eigenvalue weighted by molar-refractivity contribution is 5.74. The fourth-order valence-electron chi connectivity index (χ4n) is 2.80. The molecule has 5 heteroatoms. The fourth-order valence-corrected chi connectivity index (χ4v) is 2.80. The normalized spacial score (nSPS) is 24.2. The van der Waals surface area contributed by atoms with Crippen LogP contribution < -0.4 is 5.32 Å². The van der Waals surface area contributed by atoms with E-state index in [-0.39, 0.29) is 24.0 Å². The van der Waals surface area contributed by atoms with Crippen LogP contribution in [0.3, 0.4) is 0 Å². The monoisotopic (exact) mass is 284 g/mol. The van der Waals surface area contributed by atoms with E-state index in [1.807, 2.05) is 7.05 Å². The molecular weight excluding hydrogens is 256 g/mol. The molecule has 0 aromatic rings. The summed E-state index contributed by atoms with van der Waals surface area (Å²) in [6, 6.07) is 0.286. The average Bonchev–Trinajstić information content (AvgIpc) is 2.37. The van der Waals surface area contributed by atoms with Crippen LogP contribution in [0.4, 0.5) is 4.79 Å². The van der Waals surface area contributed by atoms with Crippen LogP contribution >= 0.6 is 0 Å². The molecule has 0 heterocycles. The quantitative estimate of drug-likeness (QED) is 0.815. The van der Waals surface area contributed by atoms with Crippen molar-refractivity contribution in [3.05, 3.63) is 0 Å². The maximum Gasteiger partial charge on any atom is 0.317 e. The number of carbonyl (C=O) groups excluding carboxylic acids is 1. The Labute approximate surface area is 121 Å². The lowest BCUT2D eigenvalue weighted by Crippen LogP contribution is -2.48. The summed E-state index contributed by atoms with van der Waals surface area (Å²) in [6.07, 6.45) is 3.82. The molecule has 1 fully saturated rings. The molecule has 1 aliphatic carbocycles. The van der Waals surface area contributed by atoms with Gasteiger partial charge < -0.3 is 15.3 Å². The first kappa shape index (κ1) is 16.8. The number of nitrogens with zero attached hydrogens (tertiary/aromatic N) is 1. The van der Waals surface area contributed by atoms with Crippen LogP contribution in [0.1, 0.15) is 52.9 Å². The second-order valence-electron chi connectivity index (χ2n) is 6.43. The van der Waals surface area contributed by atoms with Gasteiger partial charge >= 0.3 is 12.0 Å². The van der Waals surface area contributed by atoms with E-state index in [4.69, 9.17) is 5.11 Å². The molecule has 2 amide bonds. The lowest BCUT2D eigenvalue weighted by molar-refractivity contribution is -0.142. The predicted molar refractivity (Wildman–Crippen MR) is 78.6 cm³/mol. The number of carbonyl (C=O) groups is 2. The van der Waals surface area contributed by atoms with E-state index >= 15 is 0 Å². The van der Waals surface area contributed by atoms with Crippen LogP contribution in [-0.2, 0) is 4.79 Å². The van der Waals surface area contributed by atoms with Gasteiger partial charge in [-0.2, -0.15) is 0 Å². The minimum atomic E-state index is -0.711. The van der Waals surface area contributed by atoms with Gasteiger partial charge in [-0.15, -0.1) is 0 Å². The Morgan fingerprint density at radius 2 is 1.75 bits per heavy atom. The Balaban J connectivity index is 2.37. The molecule has 1 unspecified atom stereocenters. The van der Waals surface area contributed by atoms with E-state index in [2.05, 4.69) is 26.1 Å². The van der Waals surface area contributed by atoms with Gasteiger partial charge in [0.15, 0.2) is 0 Å². The number of hydrogen-bond acceptors (Lipinski definition) is 2. The highest BCUT2D eigenvalue weighted by Gasteiger charge is 2.27. The first-order valence-corrected chi connectivity index (χ1v) is 7.57. The second kappa shape index (κ2) is 7.50. The van der Waals surface area contributed by atoms with Crippen LogP contribution in [0.25, 0.3) is 0 Å². The molecule has 1 rings (SSSR count). The summed E-state index contributed by atoms with van der Waals surface area (Å²) < 4.78 is 0. The Morgan fingerprint density at radius 1 is 1.20 bits per heavy atom. The van der Waals surface area contributed by atoms with Crippen LogP contribution in [0.15, 0.2) is 0 Å². The SMILES string of the molecule is CC(C)CC(C)N(C)C(=O)NC1CCC(C(=O)O)CC1. The molecule has 5 nitrogen and oxygen atoms in total. The minimum absolute atomic E-state index is 0.0445. The van der Waals surface area contributed by atoms with Crippen molar-refractivity contribution >= 4 is 12.0 Å². The summed E-state index contributed by atoms with van der Waals surface area (Å²) in [5.41, 5.74) is 0. The van der Waals surface area contributed by atoms with E-state index in [1.165, 1.54) is 0 Å². The van der Waals surface area contributed by atoms with Crippen LogP contribution in [-0.4, -0.2) is 41.1 Å². The molecular formula is C15H28N2O3. The minimum Gasteiger partial charge on any atom is -0.481 e. The van der Waals surface area contributed by atoms with Crippen molar-refractivity contribution in [1.29, 1.82) is 0 Å². The maximum absolute atomic E-state index is 12.1. The Kier molecular flexibility index (Phi) is 6.30. The molecule has 0 aromatic heterocycles. The largest absolute Gasteiger partial charge is 0.481 e. The predicted octanol–water partition coefficient (Wildman–Crippen LogP) is 2.71. The van der Waals surface area contributed by atoms with Crippen molar-refractivity contribution < 1.29 is 14.7 Å². The molecule has 0 radical (unpaired) electrons. The van der Waals surface area contributed by atoms with Gasteiger partial charge in [0.2, 0.25) is 0 Å². The summed E-state index contributed by atoms with van der Waals surface area (Å²) in [5, 5.41) is 12.0. The van der Waals surface area contributed by atoms with Crippen LogP contribution in [0, 0.1) is 11.8 Å². The number of rotatable bonds is 5. The maximum atomic E-state index is 12.1. The lowest BCUT2D eigenvalue weighted by Gasteiger charge is -2.31. The molecule has 1 atom stereocenters. The summed E-state index contributed by atoms with van der Waals surface area (Å²) in [6.45, 7) is 6.35. The zero-order chi connectivity index (χ0) is 15.3. The van der Waals surface area contributed by atoms with E-state index in [0.717, 1.165) is 19.3 Å². The number of urea groups is 1. The van der Waals surface area contributed by atoms with E-state index in [0.29, 0.717) is 18.8 Å². The molecule has 0 spiro atoms. The standard InChI is InChI=1S/C15H28N2O3/c1-10(2)9-11(3)17(4)15(20)16-13-7-5-12(6-8-13)14(18)19/h10-13H,5-9H2,1-4H3,(H,16,20)(H,18,19). The Bertz CT molecular complexity index is 336. The number of carboxylic acid groups (broad SMARTS) is 1. The molecule has 1 aliphatic rings. The third-order valence-corrected chi connectivity index (χ3v) is 4.20. The summed E-state index contributed by atoms with van der Waals surface area (Å²) >= 11 is 0. The molecule has 0 saturated heterocycles. The van der Waals surface area contributed by atoms with Gasteiger partial charge in [-0.3, -0.25) is 4.79 Å². The molecule has 20 heavy (non-hydrogen) atoms. The zero-order valence-corrected chi connectivity index (χ0v) is 13.1. The number of nitrogens with one attached hydrogen (secondary N) is 1. The molecule has 1 saturated carbocycles. The third-order valence-electron chi connectivity index (χ3n) is 4.20. The summed E-state index contributed by atoms with van der Waals surface area (Å²) in [4.78, 5) is 24.8. The van der Waals surface area contributed by atoms with Crippen molar-refractivity contribution in [2.24, 2.45) is 11.8 Å². The lowest BCUT2D eigenvalue weighted by atomic mass is 9.86. The average molecular weight is 284 g/mol. The van der Waals surface area contributed by atoms with Gasteiger partial charge in [-0.25, -0.2) is 4.79 Å². The van der Waals surface area contributed by atoms with Crippen molar-refractivity contribution in [3.8, 4) is 0 Å². The molecule has 0 aromatic carbocycles. The topological polar surface area (TPSA) is 69.6 Å². The first-order chi connectivity index (χ1) is 9.31. The van der Waals surface area contributed by atoms with Gasteiger partial charge in [0.25, 0.3) is 0 Å². The van der Waals surface area contributed by atoms with Crippen molar-refractivity contribution in [1.82, 2.24) is 10.2 Å². The number of amides is 2. The van der Waals surface area contributed by atoms with Gasteiger partial charge in [-0.05, 0) is 44.9 Å². The number of carboxylic acids is 1. The zero-order valence-electron chi connectivity index (χ0n) is 13.1. The molecule has 0 aliphatic heterocycles. The van der Waals surface area contributed by atoms with Gasteiger partial charge in [0.1, 0.15) is 0 Å². The first-order valence-electron chi connectivity index (χ1n) is 7.57. The van der Waals surface area contributed by atoms with Gasteiger partial charge in [0.05, 0.1) is 5.92 Å². The smallest absolute Gasteiger partial charge is 0.317 e. The van der Waals surface area contributed by atoms with Crippen molar-refractivity contribution in [3.63, 3.8) is 0 Å². The van der Waals surface area contributed by atoms with Crippen molar-refractivity contribution in [2.75, 3.05) is 7.05 Å². The van der Waals surface area contributed by atoms with Crippen LogP contribution in [0.2, 0.25) is 0 Å². The molecule has 2 N–H and O–H groups in total. The Hall–Kier alpha value is -1.26. The summed E-state index contributed by atoms with van der Waals surface area (Å²) in [7, 11) is 1.82. The van der Waals surface area contributed by atoms with E-state index in [9.17, 15) is 9.59 Å². The summed E-state index contributed by atoms with van der Waals surface area (Å²) in [5.74, 6) is -0.385. The van der Waals surface area contributed by atoms with Crippen LogP contribution in [0.5, 0.6) is 0 Å². The van der Waals surface area contributed by atoms with Gasteiger partial charge in [0, 0.05) is 19.1 Å². The number of aliphatic carboxylic acids is 1. The third kappa shape index (κ3) is 5.02. The van der Waals surface area contributed by atoms with E-state index < -0.39 is 5.97 Å². The highest BCUT2D eigenvalue weighted by atomic mass is 16.4. The van der Waals surface area contributed by atoms with E-state index in [1.54, 1.807) is 4.90 Å². The molecule has 0 bridgehead atoms. The second-order valence-corrected chi connectivity index (χ2v) is 6.43. The Morgan fingerprint density at radius 3 is 2.20 bits per heavy atom. The fraction of sp³-hybridized carbons (Fsp3) is 0.867. The highest BCUT2D eigenvalue weighted by Crippen LogP contribution is 2.24. The number of hydrogen-bond donors (Lipinski definition) is 2. The molecule has 116 valence electrons.